The van der Waals surface area contributed by atoms with Crippen LogP contribution >= 0.6 is 0 Å². The molecule has 0 bridgehead atoms. The zero-order valence-electron chi connectivity index (χ0n) is 17.7. The van der Waals surface area contributed by atoms with Gasteiger partial charge in [0.2, 0.25) is 5.88 Å². The fraction of sp³-hybridized carbons (Fsp3) is 0.429. The van der Waals surface area contributed by atoms with Crippen LogP contribution in [0.25, 0.3) is 0 Å². The van der Waals surface area contributed by atoms with Crippen molar-refractivity contribution in [2.75, 3.05) is 6.54 Å². The summed E-state index contributed by atoms with van der Waals surface area (Å²) in [5, 5.41) is 21.3. The van der Waals surface area contributed by atoms with Gasteiger partial charge in [-0.25, -0.2) is 9.18 Å². The highest BCUT2D eigenvalue weighted by Gasteiger charge is 2.35. The lowest BCUT2D eigenvalue weighted by Gasteiger charge is -2.26. The van der Waals surface area contributed by atoms with Crippen molar-refractivity contribution in [1.29, 1.82) is 0 Å². The van der Waals surface area contributed by atoms with Crippen LogP contribution < -0.4 is 16.6 Å². The first kappa shape index (κ1) is 25.0. The van der Waals surface area contributed by atoms with Gasteiger partial charge in [0.05, 0.1) is 12.1 Å². The SMILES string of the molecule is O=C(O)CNC(=O)c1c(O)n(C2CCCCC2)c(=O)n(Cc2ccc(F)cc2C(F)(F)F)c1=O. The number of hydrogen-bond donors (Lipinski definition) is 3. The minimum absolute atomic E-state index is 0.223. The largest absolute Gasteiger partial charge is 0.494 e. The lowest BCUT2D eigenvalue weighted by atomic mass is 9.95. The Balaban J connectivity index is 2.22. The first-order valence-corrected chi connectivity index (χ1v) is 10.4. The average Bonchev–Trinajstić information content (AvgIpc) is 2.76. The van der Waals surface area contributed by atoms with E-state index in [9.17, 15) is 41.8 Å². The molecule has 184 valence electrons. The summed E-state index contributed by atoms with van der Waals surface area (Å²) in [5.41, 5.74) is -5.53. The smallest absolute Gasteiger partial charge is 0.416 e. The highest BCUT2D eigenvalue weighted by atomic mass is 19.4. The number of benzene rings is 1. The van der Waals surface area contributed by atoms with E-state index in [-0.39, 0.29) is 6.07 Å². The van der Waals surface area contributed by atoms with E-state index >= 15 is 0 Å². The molecule has 1 aliphatic carbocycles. The fourth-order valence-electron chi connectivity index (χ4n) is 4.03. The first-order chi connectivity index (χ1) is 15.9. The topological polar surface area (TPSA) is 131 Å². The lowest BCUT2D eigenvalue weighted by Crippen LogP contribution is -2.46. The number of carboxylic acid groups (broad SMARTS) is 1. The third kappa shape index (κ3) is 5.13. The van der Waals surface area contributed by atoms with E-state index in [0.29, 0.717) is 30.3 Å². The Morgan fingerprint density at radius 2 is 1.76 bits per heavy atom. The highest BCUT2D eigenvalue weighted by molar-refractivity contribution is 5.97. The fourth-order valence-corrected chi connectivity index (χ4v) is 4.03. The van der Waals surface area contributed by atoms with Gasteiger partial charge in [0.25, 0.3) is 11.5 Å². The molecule has 1 amide bonds. The summed E-state index contributed by atoms with van der Waals surface area (Å²) in [4.78, 5) is 49.5. The van der Waals surface area contributed by atoms with Crippen LogP contribution in [0.15, 0.2) is 27.8 Å². The molecule has 0 atom stereocenters. The van der Waals surface area contributed by atoms with Crippen molar-refractivity contribution in [3.63, 3.8) is 0 Å². The number of halogens is 4. The first-order valence-electron chi connectivity index (χ1n) is 10.4. The Hall–Kier alpha value is -3.64. The molecule has 0 radical (unpaired) electrons. The zero-order valence-corrected chi connectivity index (χ0v) is 17.7. The molecule has 3 rings (SSSR count). The molecular weight excluding hydrogens is 466 g/mol. The van der Waals surface area contributed by atoms with E-state index in [4.69, 9.17) is 5.11 Å². The Kier molecular flexibility index (Phi) is 7.12. The number of aromatic nitrogens is 2. The molecule has 34 heavy (non-hydrogen) atoms. The van der Waals surface area contributed by atoms with Crippen LogP contribution in [0.4, 0.5) is 17.6 Å². The van der Waals surface area contributed by atoms with E-state index in [1.807, 2.05) is 5.32 Å². The molecule has 1 saturated carbocycles. The molecule has 0 spiro atoms. The van der Waals surface area contributed by atoms with Crippen molar-refractivity contribution in [2.45, 2.75) is 50.9 Å². The summed E-state index contributed by atoms with van der Waals surface area (Å²) < 4.78 is 55.0. The maximum absolute atomic E-state index is 13.5. The van der Waals surface area contributed by atoms with Crippen LogP contribution in [0, 0.1) is 5.82 Å². The van der Waals surface area contributed by atoms with E-state index in [1.165, 1.54) is 0 Å². The summed E-state index contributed by atoms with van der Waals surface area (Å²) in [6.45, 7) is -1.87. The zero-order chi connectivity index (χ0) is 25.2. The molecule has 1 aromatic carbocycles. The quantitative estimate of drug-likeness (QED) is 0.536. The van der Waals surface area contributed by atoms with Crippen LogP contribution in [0.1, 0.15) is 59.6 Å². The molecule has 1 aliphatic rings. The second-order valence-electron chi connectivity index (χ2n) is 7.91. The van der Waals surface area contributed by atoms with Crippen molar-refractivity contribution in [3.05, 3.63) is 61.5 Å². The number of aromatic hydroxyl groups is 1. The molecule has 0 unspecified atom stereocenters. The van der Waals surface area contributed by atoms with Crippen molar-refractivity contribution in [2.24, 2.45) is 0 Å². The molecule has 13 heteroatoms. The minimum atomic E-state index is -5.00. The summed E-state index contributed by atoms with van der Waals surface area (Å²) in [7, 11) is 0. The number of nitrogens with zero attached hydrogens (tertiary/aromatic N) is 2. The van der Waals surface area contributed by atoms with Gasteiger partial charge >= 0.3 is 17.8 Å². The number of hydrogen-bond acceptors (Lipinski definition) is 5. The summed E-state index contributed by atoms with van der Waals surface area (Å²) >= 11 is 0. The number of amides is 1. The maximum Gasteiger partial charge on any atom is 0.416 e. The number of nitrogens with one attached hydrogen (secondary N) is 1. The van der Waals surface area contributed by atoms with Gasteiger partial charge < -0.3 is 15.5 Å². The number of carboxylic acids is 1. The van der Waals surface area contributed by atoms with Crippen LogP contribution in [0.2, 0.25) is 0 Å². The van der Waals surface area contributed by atoms with Gasteiger partial charge in [-0.15, -0.1) is 0 Å². The third-order valence-electron chi connectivity index (χ3n) is 5.62. The molecule has 9 nitrogen and oxygen atoms in total. The Morgan fingerprint density at radius 1 is 1.12 bits per heavy atom. The summed E-state index contributed by atoms with van der Waals surface area (Å²) in [5.74, 6) is -4.92. The van der Waals surface area contributed by atoms with Gasteiger partial charge in [0.1, 0.15) is 12.4 Å². The summed E-state index contributed by atoms with van der Waals surface area (Å²) in [6.07, 6.45) is -1.98. The molecule has 2 aromatic rings. The van der Waals surface area contributed by atoms with Gasteiger partial charge in [-0.2, -0.15) is 13.2 Å². The molecule has 1 fully saturated rings. The molecule has 3 N–H and O–H groups in total. The molecule has 0 aliphatic heterocycles. The molecule has 1 aromatic heterocycles. The maximum atomic E-state index is 13.5. The van der Waals surface area contributed by atoms with Crippen molar-refractivity contribution in [3.8, 4) is 5.88 Å². The van der Waals surface area contributed by atoms with Gasteiger partial charge in [-0.05, 0) is 30.5 Å². The lowest BCUT2D eigenvalue weighted by molar-refractivity contribution is -0.138. The van der Waals surface area contributed by atoms with E-state index in [2.05, 4.69) is 0 Å². The highest BCUT2D eigenvalue weighted by Crippen LogP contribution is 2.33. The van der Waals surface area contributed by atoms with E-state index in [0.717, 1.165) is 23.1 Å². The van der Waals surface area contributed by atoms with Crippen LogP contribution in [-0.4, -0.2) is 37.8 Å². The average molecular weight is 487 g/mol. The van der Waals surface area contributed by atoms with Crippen LogP contribution in [0.5, 0.6) is 5.88 Å². The second-order valence-corrected chi connectivity index (χ2v) is 7.91. The van der Waals surface area contributed by atoms with Gasteiger partial charge in [-0.1, -0.05) is 25.3 Å². The Morgan fingerprint density at radius 3 is 2.35 bits per heavy atom. The number of carbonyl (C=O) groups is 2. The van der Waals surface area contributed by atoms with E-state index in [1.54, 1.807) is 0 Å². The van der Waals surface area contributed by atoms with Crippen LogP contribution in [0.3, 0.4) is 0 Å². The Labute approximate surface area is 189 Å². The summed E-state index contributed by atoms with van der Waals surface area (Å²) in [6, 6.07) is 1.10. The molecule has 1 heterocycles. The normalized spacial score (nSPS) is 14.7. The molecule has 0 saturated heterocycles. The van der Waals surface area contributed by atoms with E-state index < -0.39 is 76.8 Å². The number of alkyl halides is 3. The minimum Gasteiger partial charge on any atom is -0.494 e. The number of carbonyl (C=O) groups excluding carboxylic acids is 1. The number of aliphatic carboxylic acids is 1. The molecular formula is C21H21F4N3O6. The third-order valence-corrected chi connectivity index (χ3v) is 5.62. The predicted octanol–water partition coefficient (Wildman–Crippen LogP) is 2.24. The standard InChI is InChI=1S/C21H21F4N3O6/c22-12-7-6-11(14(8-12)21(23,24)25)10-27-18(32)16(17(31)26-9-15(29)30)19(33)28(20(27)34)13-4-2-1-3-5-13/h6-8,13,33H,1-5,9-10H2,(H,26,31)(H,29,30). The van der Waals surface area contributed by atoms with Crippen molar-refractivity contribution >= 4 is 11.9 Å². The monoisotopic (exact) mass is 487 g/mol. The second kappa shape index (κ2) is 9.69. The van der Waals surface area contributed by atoms with Gasteiger partial charge in [0.15, 0.2) is 5.56 Å². The van der Waals surface area contributed by atoms with Gasteiger partial charge in [0, 0.05) is 6.04 Å². The number of rotatable bonds is 6. The van der Waals surface area contributed by atoms with Crippen LogP contribution in [-0.2, 0) is 17.5 Å². The van der Waals surface area contributed by atoms with Gasteiger partial charge in [-0.3, -0.25) is 23.5 Å². The van der Waals surface area contributed by atoms with Crippen molar-refractivity contribution < 1.29 is 37.4 Å². The predicted molar refractivity (Wildman–Crippen MR) is 109 cm³/mol. The van der Waals surface area contributed by atoms with Crippen molar-refractivity contribution in [1.82, 2.24) is 14.5 Å². The Bertz CT molecular complexity index is 1230.